The van der Waals surface area contributed by atoms with Gasteiger partial charge in [0.25, 0.3) is 5.91 Å². The molecule has 148 valence electrons. The predicted octanol–water partition coefficient (Wildman–Crippen LogP) is 2.10. The highest BCUT2D eigenvalue weighted by molar-refractivity contribution is 5.94. The van der Waals surface area contributed by atoms with E-state index in [2.05, 4.69) is 0 Å². The number of hydrogen-bond donors (Lipinski definition) is 1. The van der Waals surface area contributed by atoms with Crippen molar-refractivity contribution in [3.8, 4) is 5.75 Å². The second kappa shape index (κ2) is 7.41. The lowest BCUT2D eigenvalue weighted by Crippen LogP contribution is -2.68. The number of piperidine rings is 1. The SMILES string of the molecule is CC(C)Oc1ccc(C(=O)N2C[C@@H]3COCC[C@]3(O)[C@H]3COCC[C@H]32)cc1. The highest BCUT2D eigenvalue weighted by Crippen LogP contribution is 2.44. The van der Waals surface area contributed by atoms with Gasteiger partial charge in [0.15, 0.2) is 0 Å². The third kappa shape index (κ3) is 3.46. The lowest BCUT2D eigenvalue weighted by molar-refractivity contribution is -0.212. The number of fused-ring (bicyclic) bond motifs is 3. The molecule has 1 aromatic carbocycles. The Bertz CT molecular complexity index is 676. The van der Waals surface area contributed by atoms with Crippen molar-refractivity contribution in [2.75, 3.05) is 33.0 Å². The maximum atomic E-state index is 13.3. The molecule has 3 saturated heterocycles. The Kier molecular flexibility index (Phi) is 5.14. The predicted molar refractivity (Wildman–Crippen MR) is 99.8 cm³/mol. The van der Waals surface area contributed by atoms with Gasteiger partial charge in [-0.15, -0.1) is 0 Å². The van der Waals surface area contributed by atoms with Crippen LogP contribution in [0.4, 0.5) is 0 Å². The minimum Gasteiger partial charge on any atom is -0.491 e. The minimum atomic E-state index is -0.797. The summed E-state index contributed by atoms with van der Waals surface area (Å²) in [7, 11) is 0. The molecule has 3 aliphatic rings. The minimum absolute atomic E-state index is 0.00983. The van der Waals surface area contributed by atoms with Crippen LogP contribution < -0.4 is 4.74 Å². The summed E-state index contributed by atoms with van der Waals surface area (Å²) in [5.74, 6) is 0.651. The summed E-state index contributed by atoms with van der Waals surface area (Å²) in [5, 5.41) is 11.4. The number of rotatable bonds is 3. The van der Waals surface area contributed by atoms with Crippen molar-refractivity contribution < 1.29 is 24.1 Å². The molecule has 27 heavy (non-hydrogen) atoms. The van der Waals surface area contributed by atoms with Crippen LogP contribution in [0.15, 0.2) is 24.3 Å². The molecule has 4 atom stereocenters. The van der Waals surface area contributed by atoms with Gasteiger partial charge >= 0.3 is 0 Å². The maximum Gasteiger partial charge on any atom is 0.254 e. The van der Waals surface area contributed by atoms with Gasteiger partial charge in [-0.1, -0.05) is 0 Å². The number of amides is 1. The molecule has 3 fully saturated rings. The third-order valence-corrected chi connectivity index (χ3v) is 6.19. The smallest absolute Gasteiger partial charge is 0.254 e. The van der Waals surface area contributed by atoms with Crippen LogP contribution in [0, 0.1) is 11.8 Å². The standard InChI is InChI=1S/C21H29NO5/c1-14(2)27-17-5-3-15(4-6-17)20(23)22-11-16-12-26-10-8-21(16,24)18-13-25-9-7-19(18)22/h3-6,14,16,18-19,24H,7-13H2,1-2H3/t16-,18+,19-,21-/m1/s1. The van der Waals surface area contributed by atoms with E-state index in [9.17, 15) is 9.90 Å². The molecule has 0 bridgehead atoms. The molecule has 0 radical (unpaired) electrons. The van der Waals surface area contributed by atoms with Crippen molar-refractivity contribution in [2.45, 2.75) is 44.4 Å². The molecule has 1 aromatic rings. The summed E-state index contributed by atoms with van der Waals surface area (Å²) in [5.41, 5.74) is -0.145. The van der Waals surface area contributed by atoms with E-state index >= 15 is 0 Å². The molecule has 0 aromatic heterocycles. The van der Waals surface area contributed by atoms with Gasteiger partial charge in [0.2, 0.25) is 0 Å². The average Bonchev–Trinajstić information content (AvgIpc) is 2.67. The van der Waals surface area contributed by atoms with Gasteiger partial charge in [-0.3, -0.25) is 4.79 Å². The summed E-state index contributed by atoms with van der Waals surface area (Å²) >= 11 is 0. The molecule has 0 aliphatic carbocycles. The fourth-order valence-corrected chi connectivity index (χ4v) is 4.81. The van der Waals surface area contributed by atoms with Crippen LogP contribution in [0.25, 0.3) is 0 Å². The summed E-state index contributed by atoms with van der Waals surface area (Å²) in [6, 6.07) is 7.36. The van der Waals surface area contributed by atoms with E-state index in [-0.39, 0.29) is 29.9 Å². The van der Waals surface area contributed by atoms with E-state index in [1.54, 1.807) is 0 Å². The molecular weight excluding hydrogens is 346 g/mol. The zero-order valence-electron chi connectivity index (χ0n) is 16.1. The molecule has 6 heteroatoms. The molecule has 0 saturated carbocycles. The van der Waals surface area contributed by atoms with E-state index in [0.29, 0.717) is 45.0 Å². The normalized spacial score (nSPS) is 33.3. The van der Waals surface area contributed by atoms with E-state index in [4.69, 9.17) is 14.2 Å². The number of carbonyl (C=O) groups excluding carboxylic acids is 1. The number of nitrogens with zero attached hydrogens (tertiary/aromatic N) is 1. The molecule has 3 aliphatic heterocycles. The van der Waals surface area contributed by atoms with Crippen molar-refractivity contribution in [3.63, 3.8) is 0 Å². The van der Waals surface area contributed by atoms with Gasteiger partial charge in [-0.05, 0) is 44.5 Å². The van der Waals surface area contributed by atoms with E-state index in [1.807, 2.05) is 43.0 Å². The molecule has 1 amide bonds. The molecule has 6 nitrogen and oxygen atoms in total. The van der Waals surface area contributed by atoms with Crippen LogP contribution >= 0.6 is 0 Å². The molecular formula is C21H29NO5. The number of likely N-dealkylation sites (tertiary alicyclic amines) is 1. The number of benzene rings is 1. The van der Waals surface area contributed by atoms with Crippen LogP contribution in [-0.4, -0.2) is 66.6 Å². The number of aliphatic hydroxyl groups is 1. The Morgan fingerprint density at radius 3 is 2.70 bits per heavy atom. The molecule has 0 spiro atoms. The van der Waals surface area contributed by atoms with Crippen LogP contribution in [-0.2, 0) is 9.47 Å². The van der Waals surface area contributed by atoms with Crippen LogP contribution in [0.1, 0.15) is 37.0 Å². The van der Waals surface area contributed by atoms with Gasteiger partial charge < -0.3 is 24.2 Å². The Labute approximate surface area is 160 Å². The highest BCUT2D eigenvalue weighted by Gasteiger charge is 2.56. The highest BCUT2D eigenvalue weighted by atomic mass is 16.5. The second-order valence-electron chi connectivity index (χ2n) is 8.20. The first-order chi connectivity index (χ1) is 13.0. The van der Waals surface area contributed by atoms with E-state index < -0.39 is 5.60 Å². The molecule has 0 unspecified atom stereocenters. The molecule has 1 N–H and O–H groups in total. The van der Waals surface area contributed by atoms with Crippen molar-refractivity contribution in [1.29, 1.82) is 0 Å². The first-order valence-electron chi connectivity index (χ1n) is 9.94. The van der Waals surface area contributed by atoms with Gasteiger partial charge in [0.05, 0.1) is 24.9 Å². The third-order valence-electron chi connectivity index (χ3n) is 6.19. The zero-order valence-corrected chi connectivity index (χ0v) is 16.1. The first-order valence-corrected chi connectivity index (χ1v) is 9.94. The molecule has 3 heterocycles. The van der Waals surface area contributed by atoms with Crippen molar-refractivity contribution in [3.05, 3.63) is 29.8 Å². The summed E-state index contributed by atoms with van der Waals surface area (Å²) in [6.45, 7) is 6.68. The molecule has 4 rings (SSSR count). The largest absolute Gasteiger partial charge is 0.491 e. The van der Waals surface area contributed by atoms with Gasteiger partial charge in [0.1, 0.15) is 5.75 Å². The van der Waals surface area contributed by atoms with Crippen molar-refractivity contribution >= 4 is 5.91 Å². The fourth-order valence-electron chi connectivity index (χ4n) is 4.81. The lowest BCUT2D eigenvalue weighted by atomic mass is 9.66. The number of ether oxygens (including phenoxy) is 3. The quantitative estimate of drug-likeness (QED) is 0.876. The van der Waals surface area contributed by atoms with E-state index in [0.717, 1.165) is 12.2 Å². The van der Waals surface area contributed by atoms with Crippen LogP contribution in [0.3, 0.4) is 0 Å². The number of carbonyl (C=O) groups is 1. The fraction of sp³-hybridized carbons (Fsp3) is 0.667. The zero-order chi connectivity index (χ0) is 19.0. The lowest BCUT2D eigenvalue weighted by Gasteiger charge is -2.57. The number of hydrogen-bond acceptors (Lipinski definition) is 5. The Balaban J connectivity index is 1.57. The van der Waals surface area contributed by atoms with Gasteiger partial charge in [0, 0.05) is 49.6 Å². The summed E-state index contributed by atoms with van der Waals surface area (Å²) < 4.78 is 17.0. The Morgan fingerprint density at radius 2 is 1.96 bits per heavy atom. The summed E-state index contributed by atoms with van der Waals surface area (Å²) in [6.07, 6.45) is 1.48. The monoisotopic (exact) mass is 375 g/mol. The topological polar surface area (TPSA) is 68.2 Å². The van der Waals surface area contributed by atoms with Crippen LogP contribution in [0.5, 0.6) is 5.75 Å². The van der Waals surface area contributed by atoms with Crippen molar-refractivity contribution in [1.82, 2.24) is 4.90 Å². The van der Waals surface area contributed by atoms with Gasteiger partial charge in [-0.25, -0.2) is 0 Å². The maximum absolute atomic E-state index is 13.3. The Hall–Kier alpha value is -1.63. The van der Waals surface area contributed by atoms with Crippen molar-refractivity contribution in [2.24, 2.45) is 11.8 Å². The summed E-state index contributed by atoms with van der Waals surface area (Å²) in [4.78, 5) is 15.2. The first kappa shape index (κ1) is 18.7. The average molecular weight is 375 g/mol. The van der Waals surface area contributed by atoms with E-state index in [1.165, 1.54) is 0 Å². The Morgan fingerprint density at radius 1 is 1.22 bits per heavy atom. The second-order valence-corrected chi connectivity index (χ2v) is 8.20. The van der Waals surface area contributed by atoms with Gasteiger partial charge in [-0.2, -0.15) is 0 Å². The van der Waals surface area contributed by atoms with Crippen LogP contribution in [0.2, 0.25) is 0 Å².